The fraction of sp³-hybridized carbons (Fsp3) is 0. The number of para-hydroxylation sites is 1. The number of hydrogen-bond donors (Lipinski definition) is 0. The summed E-state index contributed by atoms with van der Waals surface area (Å²) in [4.78, 5) is 15.2. The van der Waals surface area contributed by atoms with E-state index in [0.717, 1.165) is 66.3 Å². The van der Waals surface area contributed by atoms with Crippen molar-refractivity contribution in [3.05, 3.63) is 194 Å². The minimum Gasteiger partial charge on any atom is -0.456 e. The van der Waals surface area contributed by atoms with Crippen LogP contribution in [0, 0.1) is 0 Å². The summed E-state index contributed by atoms with van der Waals surface area (Å²) in [6.45, 7) is 0. The van der Waals surface area contributed by atoms with Crippen molar-refractivity contribution in [2.75, 3.05) is 0 Å². The van der Waals surface area contributed by atoms with Crippen LogP contribution in [0.15, 0.2) is 199 Å². The van der Waals surface area contributed by atoms with Crippen LogP contribution in [0.4, 0.5) is 0 Å². The summed E-state index contributed by atoms with van der Waals surface area (Å²) >= 11 is 0. The minimum atomic E-state index is 0.584. The van der Waals surface area contributed by atoms with Crippen LogP contribution in [0.3, 0.4) is 0 Å². The molecule has 0 amide bonds. The van der Waals surface area contributed by atoms with Gasteiger partial charge in [-0.05, 0) is 81.2 Å². The van der Waals surface area contributed by atoms with E-state index >= 15 is 0 Å². The van der Waals surface area contributed by atoms with Crippen LogP contribution in [0.1, 0.15) is 0 Å². The Morgan fingerprint density at radius 1 is 0.310 bits per heavy atom. The van der Waals surface area contributed by atoms with Crippen LogP contribution in [-0.4, -0.2) is 19.5 Å². The Balaban J connectivity index is 0.988. The molecule has 0 spiro atoms. The summed E-state index contributed by atoms with van der Waals surface area (Å²) in [6, 6.07) is 68.1. The molecule has 0 bridgehead atoms. The number of furan rings is 1. The lowest BCUT2D eigenvalue weighted by Crippen LogP contribution is -2.00. The van der Waals surface area contributed by atoms with E-state index in [2.05, 4.69) is 193 Å². The maximum atomic E-state index is 6.70. The van der Waals surface area contributed by atoms with Crippen LogP contribution in [0.5, 0.6) is 0 Å². The normalized spacial score (nSPS) is 11.8. The molecule has 12 aromatic rings. The molecule has 3 aromatic heterocycles. The molecule has 0 aliphatic rings. The molecule has 9 aromatic carbocycles. The molecular weight excluding hydrogens is 709 g/mol. The van der Waals surface area contributed by atoms with Gasteiger partial charge in [0.05, 0.1) is 11.0 Å². The molecule has 12 rings (SSSR count). The average molecular weight is 741 g/mol. The van der Waals surface area contributed by atoms with E-state index in [0.29, 0.717) is 17.5 Å². The molecule has 5 nitrogen and oxygen atoms in total. The fourth-order valence-corrected chi connectivity index (χ4v) is 8.51. The number of nitrogens with zero attached hydrogens (tertiary/aromatic N) is 4. The summed E-state index contributed by atoms with van der Waals surface area (Å²) < 4.78 is 9.05. The molecular formula is C53H32N4O. The molecule has 0 saturated carbocycles. The van der Waals surface area contributed by atoms with Gasteiger partial charge >= 0.3 is 0 Å². The van der Waals surface area contributed by atoms with Crippen LogP contribution in [-0.2, 0) is 0 Å². The number of rotatable bonds is 5. The largest absolute Gasteiger partial charge is 0.456 e. The first-order valence-corrected chi connectivity index (χ1v) is 19.5. The smallest absolute Gasteiger partial charge is 0.164 e. The van der Waals surface area contributed by atoms with Crippen molar-refractivity contribution in [1.82, 2.24) is 19.5 Å². The molecule has 0 fully saturated rings. The highest BCUT2D eigenvalue weighted by molar-refractivity contribution is 6.14. The third kappa shape index (κ3) is 5.29. The fourth-order valence-electron chi connectivity index (χ4n) is 8.51. The third-order valence-corrected chi connectivity index (χ3v) is 11.4. The van der Waals surface area contributed by atoms with Crippen LogP contribution < -0.4 is 0 Å². The van der Waals surface area contributed by atoms with Gasteiger partial charge in [0.25, 0.3) is 0 Å². The Kier molecular flexibility index (Phi) is 7.16. The van der Waals surface area contributed by atoms with Crippen molar-refractivity contribution in [3.8, 4) is 51.0 Å². The number of benzene rings is 9. The highest BCUT2D eigenvalue weighted by atomic mass is 16.3. The summed E-state index contributed by atoms with van der Waals surface area (Å²) in [5, 5.41) is 9.31. The Labute approximate surface area is 333 Å². The predicted molar refractivity (Wildman–Crippen MR) is 238 cm³/mol. The van der Waals surface area contributed by atoms with Crippen molar-refractivity contribution in [2.45, 2.75) is 0 Å². The van der Waals surface area contributed by atoms with Crippen LogP contribution in [0.2, 0.25) is 0 Å². The molecule has 3 heterocycles. The van der Waals surface area contributed by atoms with Crippen LogP contribution in [0.25, 0.3) is 116 Å². The molecule has 5 heteroatoms. The van der Waals surface area contributed by atoms with E-state index in [1.165, 1.54) is 32.4 Å². The first-order chi connectivity index (χ1) is 28.7. The second kappa shape index (κ2) is 12.8. The van der Waals surface area contributed by atoms with E-state index in [-0.39, 0.29) is 0 Å². The van der Waals surface area contributed by atoms with Crippen LogP contribution >= 0.6 is 0 Å². The highest BCUT2D eigenvalue weighted by Crippen LogP contribution is 2.38. The zero-order valence-electron chi connectivity index (χ0n) is 31.2. The van der Waals surface area contributed by atoms with Crippen molar-refractivity contribution >= 4 is 65.3 Å². The Bertz CT molecular complexity index is 3560. The molecule has 58 heavy (non-hydrogen) atoms. The van der Waals surface area contributed by atoms with Gasteiger partial charge < -0.3 is 8.98 Å². The van der Waals surface area contributed by atoms with Gasteiger partial charge in [-0.1, -0.05) is 140 Å². The lowest BCUT2D eigenvalue weighted by molar-refractivity contribution is 0.668. The molecule has 0 aliphatic carbocycles. The van der Waals surface area contributed by atoms with Gasteiger partial charge in [-0.15, -0.1) is 0 Å². The topological polar surface area (TPSA) is 56.7 Å². The van der Waals surface area contributed by atoms with E-state index < -0.39 is 0 Å². The number of fused-ring (bicyclic) bond motifs is 8. The first kappa shape index (κ1) is 32.4. The predicted octanol–water partition coefficient (Wildman–Crippen LogP) is 13.8. The Morgan fingerprint density at radius 3 is 1.62 bits per heavy atom. The van der Waals surface area contributed by atoms with Gasteiger partial charge in [0.15, 0.2) is 17.5 Å². The lowest BCUT2D eigenvalue weighted by atomic mass is 10.0. The van der Waals surface area contributed by atoms with E-state index in [1.54, 1.807) is 0 Å². The van der Waals surface area contributed by atoms with Gasteiger partial charge in [-0.2, -0.15) is 0 Å². The summed E-state index contributed by atoms with van der Waals surface area (Å²) in [5.41, 5.74) is 9.98. The molecule has 270 valence electrons. The maximum absolute atomic E-state index is 6.70. The standard InChI is InChI=1S/C53H32N4O/c1-2-10-33(11-3-1)35-18-21-36(22-19-35)51-54-52(40-23-20-34-12-4-5-13-37(34)28-40)56-53(55-51)41-24-26-44-45-27-25-42(32-50(45)58-49(44)31-41)57-47-17-9-8-16-43(47)46-29-38-14-6-7-15-39(38)30-48(46)57/h1-32H. The third-order valence-electron chi connectivity index (χ3n) is 11.4. The Morgan fingerprint density at radius 2 is 0.845 bits per heavy atom. The van der Waals surface area contributed by atoms with Crippen molar-refractivity contribution in [3.63, 3.8) is 0 Å². The average Bonchev–Trinajstić information content (AvgIpc) is 3.82. The zero-order chi connectivity index (χ0) is 38.2. The molecule has 0 saturated heterocycles. The second-order valence-corrected chi connectivity index (χ2v) is 14.9. The summed E-state index contributed by atoms with van der Waals surface area (Å²) in [5.74, 6) is 1.81. The lowest BCUT2D eigenvalue weighted by Gasteiger charge is -2.10. The molecule has 0 aliphatic heterocycles. The summed E-state index contributed by atoms with van der Waals surface area (Å²) in [6.07, 6.45) is 0. The maximum Gasteiger partial charge on any atom is 0.164 e. The highest BCUT2D eigenvalue weighted by Gasteiger charge is 2.18. The van der Waals surface area contributed by atoms with Gasteiger partial charge in [0.2, 0.25) is 0 Å². The van der Waals surface area contributed by atoms with Gasteiger partial charge in [-0.3, -0.25) is 0 Å². The van der Waals surface area contributed by atoms with Gasteiger partial charge in [0.1, 0.15) is 11.2 Å². The van der Waals surface area contributed by atoms with Gasteiger partial charge in [0, 0.05) is 50.0 Å². The molecule has 0 unspecified atom stereocenters. The first-order valence-electron chi connectivity index (χ1n) is 19.5. The van der Waals surface area contributed by atoms with E-state index in [4.69, 9.17) is 19.4 Å². The monoisotopic (exact) mass is 740 g/mol. The molecule has 0 atom stereocenters. The molecule has 0 radical (unpaired) electrons. The molecule has 0 N–H and O–H groups in total. The van der Waals surface area contributed by atoms with E-state index in [1.807, 2.05) is 6.07 Å². The Hall–Kier alpha value is -7.89. The van der Waals surface area contributed by atoms with Crippen molar-refractivity contribution in [2.24, 2.45) is 0 Å². The quantitative estimate of drug-likeness (QED) is 0.176. The SMILES string of the molecule is c1ccc(-c2ccc(-c3nc(-c4ccc5ccccc5c4)nc(-c4ccc5c(c4)oc4cc(-n6c7ccccc7c7cc8ccccc8cc76)ccc45)n3)cc2)cc1. The zero-order valence-corrected chi connectivity index (χ0v) is 31.2. The van der Waals surface area contributed by atoms with E-state index in [9.17, 15) is 0 Å². The second-order valence-electron chi connectivity index (χ2n) is 14.9. The minimum absolute atomic E-state index is 0.584. The number of aromatic nitrogens is 4. The van der Waals surface area contributed by atoms with Crippen molar-refractivity contribution < 1.29 is 4.42 Å². The van der Waals surface area contributed by atoms with Gasteiger partial charge in [-0.25, -0.2) is 15.0 Å². The van der Waals surface area contributed by atoms with Crippen molar-refractivity contribution in [1.29, 1.82) is 0 Å². The summed E-state index contributed by atoms with van der Waals surface area (Å²) in [7, 11) is 0. The number of hydrogen-bond acceptors (Lipinski definition) is 4.